The first-order chi connectivity index (χ1) is 7.27. The lowest BCUT2D eigenvalue weighted by atomic mass is 10.1. The number of aromatic carboxylic acids is 1. The van der Waals surface area contributed by atoms with Crippen LogP contribution in [0.4, 0.5) is 0 Å². The van der Waals surface area contributed by atoms with Crippen LogP contribution in [0.3, 0.4) is 0 Å². The smallest absolute Gasteiger partial charge is 0.0751 e. The van der Waals surface area contributed by atoms with Crippen molar-refractivity contribution in [3.63, 3.8) is 0 Å². The molecule has 1 aliphatic rings. The molecule has 0 N–H and O–H groups in total. The highest BCUT2D eigenvalue weighted by Gasteiger charge is 2.16. The zero-order chi connectivity index (χ0) is 10.7. The predicted molar refractivity (Wildman–Crippen MR) is 63.0 cm³/mol. The fourth-order valence-corrected chi connectivity index (χ4v) is 4.35. The average molecular weight is 239 g/mol. The summed E-state index contributed by atoms with van der Waals surface area (Å²) in [6.07, 6.45) is 1.27. The van der Waals surface area contributed by atoms with Crippen molar-refractivity contribution in [2.24, 2.45) is 0 Å². The van der Waals surface area contributed by atoms with Gasteiger partial charge in [-0.25, -0.2) is 0 Å². The fraction of sp³-hybridized carbons (Fsp3) is 0.364. The molecule has 0 bridgehead atoms. The van der Waals surface area contributed by atoms with Gasteiger partial charge in [-0.2, -0.15) is 0 Å². The molecular formula is C11H11O2S2-. The van der Waals surface area contributed by atoms with E-state index in [1.165, 1.54) is 23.5 Å². The van der Waals surface area contributed by atoms with Gasteiger partial charge in [-0.1, -0.05) is 24.3 Å². The second kappa shape index (κ2) is 4.94. The van der Waals surface area contributed by atoms with Gasteiger partial charge < -0.3 is 9.90 Å². The van der Waals surface area contributed by atoms with Crippen LogP contribution in [0.2, 0.25) is 0 Å². The maximum atomic E-state index is 10.6. The largest absolute Gasteiger partial charge is 0.545 e. The molecule has 1 heterocycles. The summed E-state index contributed by atoms with van der Waals surface area (Å²) in [5.41, 5.74) is 1.46. The minimum Gasteiger partial charge on any atom is -0.545 e. The molecule has 0 spiro atoms. The van der Waals surface area contributed by atoms with Crippen molar-refractivity contribution in [2.75, 3.05) is 11.5 Å². The first-order valence-electron chi connectivity index (χ1n) is 4.82. The number of hydrogen-bond acceptors (Lipinski definition) is 4. The maximum Gasteiger partial charge on any atom is 0.0751 e. The quantitative estimate of drug-likeness (QED) is 0.790. The van der Waals surface area contributed by atoms with Crippen molar-refractivity contribution in [1.82, 2.24) is 0 Å². The van der Waals surface area contributed by atoms with E-state index in [1.54, 1.807) is 12.1 Å². The Morgan fingerprint density at radius 3 is 2.33 bits per heavy atom. The lowest BCUT2D eigenvalue weighted by Crippen LogP contribution is -2.22. The van der Waals surface area contributed by atoms with Crippen molar-refractivity contribution < 1.29 is 9.90 Å². The predicted octanol–water partition coefficient (Wildman–Crippen LogP) is 1.92. The van der Waals surface area contributed by atoms with Gasteiger partial charge in [0.05, 0.1) is 10.6 Å². The number of carbonyl (C=O) groups excluding carboxylic acids is 1. The van der Waals surface area contributed by atoms with Gasteiger partial charge in [-0.3, -0.25) is 0 Å². The number of benzene rings is 1. The van der Waals surface area contributed by atoms with Crippen LogP contribution in [0.25, 0.3) is 0 Å². The van der Waals surface area contributed by atoms with Crippen LogP contribution in [0.1, 0.15) is 26.9 Å². The second-order valence-corrected chi connectivity index (χ2v) is 6.06. The number of carboxylic acid groups (broad SMARTS) is 1. The van der Waals surface area contributed by atoms with Crippen LogP contribution in [0.15, 0.2) is 24.3 Å². The topological polar surface area (TPSA) is 40.1 Å². The maximum absolute atomic E-state index is 10.6. The molecule has 1 saturated heterocycles. The van der Waals surface area contributed by atoms with Gasteiger partial charge in [-0.05, 0) is 29.1 Å². The minimum atomic E-state index is -1.11. The molecule has 0 amide bonds. The first-order valence-corrected chi connectivity index (χ1v) is 6.91. The van der Waals surface area contributed by atoms with Crippen LogP contribution in [-0.2, 0) is 0 Å². The van der Waals surface area contributed by atoms with Crippen molar-refractivity contribution in [1.29, 1.82) is 0 Å². The zero-order valence-electron chi connectivity index (χ0n) is 8.14. The Labute approximate surface area is 97.5 Å². The van der Waals surface area contributed by atoms with E-state index in [-0.39, 0.29) is 5.56 Å². The van der Waals surface area contributed by atoms with Crippen LogP contribution >= 0.6 is 23.5 Å². The summed E-state index contributed by atoms with van der Waals surface area (Å²) >= 11 is 3.86. The molecule has 80 valence electrons. The van der Waals surface area contributed by atoms with E-state index in [1.807, 2.05) is 35.7 Å². The Balaban J connectivity index is 2.11. The zero-order valence-corrected chi connectivity index (χ0v) is 9.77. The van der Waals surface area contributed by atoms with E-state index in [4.69, 9.17) is 0 Å². The Hall–Kier alpha value is -0.610. The van der Waals surface area contributed by atoms with Gasteiger partial charge in [0, 0.05) is 0 Å². The van der Waals surface area contributed by atoms with Crippen LogP contribution < -0.4 is 5.11 Å². The monoisotopic (exact) mass is 239 g/mol. The van der Waals surface area contributed by atoms with Crippen LogP contribution in [0, 0.1) is 0 Å². The highest BCUT2D eigenvalue weighted by Crippen LogP contribution is 2.43. The third-order valence-electron chi connectivity index (χ3n) is 2.25. The Morgan fingerprint density at radius 1 is 1.20 bits per heavy atom. The molecule has 0 radical (unpaired) electrons. The molecule has 2 nitrogen and oxygen atoms in total. The van der Waals surface area contributed by atoms with E-state index < -0.39 is 5.97 Å². The normalized spacial score (nSPS) is 17.6. The Morgan fingerprint density at radius 2 is 1.80 bits per heavy atom. The molecule has 1 aliphatic heterocycles. The third-order valence-corrected chi connectivity index (χ3v) is 5.26. The molecule has 1 aromatic carbocycles. The SMILES string of the molecule is O=C([O-])c1ccc(C2SCCCS2)cc1. The molecule has 0 atom stereocenters. The summed E-state index contributed by atoms with van der Waals surface area (Å²) in [7, 11) is 0. The highest BCUT2D eigenvalue weighted by atomic mass is 32.2. The number of hydrogen-bond donors (Lipinski definition) is 0. The van der Waals surface area contributed by atoms with Crippen molar-refractivity contribution in [3.05, 3.63) is 35.4 Å². The molecule has 1 fully saturated rings. The summed E-state index contributed by atoms with van der Waals surface area (Å²) in [5.74, 6) is 1.28. The van der Waals surface area contributed by atoms with E-state index >= 15 is 0 Å². The van der Waals surface area contributed by atoms with Crippen LogP contribution in [-0.4, -0.2) is 17.5 Å². The highest BCUT2D eigenvalue weighted by molar-refractivity contribution is 8.16. The minimum absolute atomic E-state index is 0.254. The molecule has 0 aromatic heterocycles. The van der Waals surface area contributed by atoms with Crippen molar-refractivity contribution >= 4 is 29.5 Å². The Bertz CT molecular complexity index is 342. The summed E-state index contributed by atoms with van der Waals surface area (Å²) in [6.45, 7) is 0. The van der Waals surface area contributed by atoms with Gasteiger partial charge in [0.2, 0.25) is 0 Å². The average Bonchev–Trinajstić information content (AvgIpc) is 2.30. The lowest BCUT2D eigenvalue weighted by molar-refractivity contribution is -0.255. The number of rotatable bonds is 2. The fourth-order valence-electron chi connectivity index (χ4n) is 1.46. The van der Waals surface area contributed by atoms with E-state index in [2.05, 4.69) is 0 Å². The van der Waals surface area contributed by atoms with Crippen molar-refractivity contribution in [3.8, 4) is 0 Å². The summed E-state index contributed by atoms with van der Waals surface area (Å²) in [6, 6.07) is 7.03. The molecule has 4 heteroatoms. The molecule has 0 saturated carbocycles. The van der Waals surface area contributed by atoms with Crippen molar-refractivity contribution in [2.45, 2.75) is 11.0 Å². The Kier molecular flexibility index (Phi) is 3.59. The molecule has 1 aromatic rings. The van der Waals surface area contributed by atoms with E-state index in [0.717, 1.165) is 0 Å². The lowest BCUT2D eigenvalue weighted by Gasteiger charge is -2.21. The van der Waals surface area contributed by atoms with Gasteiger partial charge in [0.15, 0.2) is 0 Å². The van der Waals surface area contributed by atoms with Crippen LogP contribution in [0.5, 0.6) is 0 Å². The van der Waals surface area contributed by atoms with Gasteiger partial charge >= 0.3 is 0 Å². The number of carbonyl (C=O) groups is 1. The summed E-state index contributed by atoms with van der Waals surface area (Å²) in [5, 5.41) is 10.6. The third kappa shape index (κ3) is 2.69. The second-order valence-electron chi connectivity index (χ2n) is 3.34. The van der Waals surface area contributed by atoms with E-state index in [0.29, 0.717) is 4.58 Å². The molecular weight excluding hydrogens is 228 g/mol. The van der Waals surface area contributed by atoms with Gasteiger partial charge in [-0.15, -0.1) is 23.5 Å². The standard InChI is InChI=1S/C11H12O2S2/c12-10(13)8-2-4-9(5-3-8)11-14-6-1-7-15-11/h2-5,11H,1,6-7H2,(H,12,13)/p-1. The van der Waals surface area contributed by atoms with Gasteiger partial charge in [0.25, 0.3) is 0 Å². The first kappa shape index (κ1) is 10.9. The number of thioether (sulfide) groups is 2. The molecule has 0 aliphatic carbocycles. The van der Waals surface area contributed by atoms with E-state index in [9.17, 15) is 9.90 Å². The summed E-state index contributed by atoms with van der Waals surface area (Å²) < 4.78 is 0.467. The summed E-state index contributed by atoms with van der Waals surface area (Å²) in [4.78, 5) is 10.6. The molecule has 0 unspecified atom stereocenters. The number of carboxylic acids is 1. The molecule has 2 rings (SSSR count). The molecule has 15 heavy (non-hydrogen) atoms. The van der Waals surface area contributed by atoms with Gasteiger partial charge in [0.1, 0.15) is 0 Å².